The average molecular weight is 490 g/mol. The first-order chi connectivity index (χ1) is 17.5. The topological polar surface area (TPSA) is 93.9 Å². The van der Waals surface area contributed by atoms with Gasteiger partial charge >= 0.3 is 0 Å². The van der Waals surface area contributed by atoms with Crippen molar-refractivity contribution in [1.29, 1.82) is 0 Å². The highest BCUT2D eigenvalue weighted by Crippen LogP contribution is 2.40. The van der Waals surface area contributed by atoms with Gasteiger partial charge in [-0.05, 0) is 61.7 Å². The number of aromatic nitrogens is 2. The normalized spacial score (nSPS) is 16.9. The Morgan fingerprint density at radius 1 is 0.972 bits per heavy atom. The first kappa shape index (κ1) is 25.0. The summed E-state index contributed by atoms with van der Waals surface area (Å²) in [5.41, 5.74) is 1.25. The molecular weight excluding hydrogens is 458 g/mol. The molecular formula is C28H31N3O5. The molecule has 4 rings (SSSR count). The molecule has 8 heteroatoms. The van der Waals surface area contributed by atoms with Crippen LogP contribution in [-0.4, -0.2) is 51.0 Å². The smallest absolute Gasteiger partial charge is 0.295 e. The Morgan fingerprint density at radius 3 is 2.31 bits per heavy atom. The molecule has 0 bridgehead atoms. The Labute approximate surface area is 210 Å². The van der Waals surface area contributed by atoms with E-state index in [4.69, 9.17) is 9.47 Å². The van der Waals surface area contributed by atoms with Gasteiger partial charge in [-0.2, -0.15) is 0 Å². The average Bonchev–Trinajstić information content (AvgIpc) is 3.50. The van der Waals surface area contributed by atoms with Crippen molar-refractivity contribution in [3.63, 3.8) is 0 Å². The van der Waals surface area contributed by atoms with Gasteiger partial charge in [-0.15, -0.1) is 0 Å². The fraction of sp³-hybridized carbons (Fsp3) is 0.321. The lowest BCUT2D eigenvalue weighted by Gasteiger charge is -2.25. The van der Waals surface area contributed by atoms with Gasteiger partial charge in [0, 0.05) is 31.0 Å². The molecule has 1 atom stereocenters. The SMILES string of the molecule is CCCOc1ccc(C2C(=C(O)c3ccc(OCC)cc3)C(=O)C(=O)N2CCCn2ccnc2)cc1. The van der Waals surface area contributed by atoms with Gasteiger partial charge < -0.3 is 24.0 Å². The lowest BCUT2D eigenvalue weighted by Crippen LogP contribution is -2.31. The van der Waals surface area contributed by atoms with Gasteiger partial charge in [0.25, 0.3) is 11.7 Å². The van der Waals surface area contributed by atoms with E-state index in [1.165, 1.54) is 0 Å². The Bertz CT molecular complexity index is 1200. The number of nitrogens with zero attached hydrogens (tertiary/aromatic N) is 3. The second-order valence-corrected chi connectivity index (χ2v) is 8.52. The van der Waals surface area contributed by atoms with Crippen LogP contribution in [-0.2, 0) is 16.1 Å². The first-order valence-corrected chi connectivity index (χ1v) is 12.2. The fourth-order valence-electron chi connectivity index (χ4n) is 4.30. The highest BCUT2D eigenvalue weighted by Gasteiger charge is 2.45. The zero-order valence-corrected chi connectivity index (χ0v) is 20.6. The summed E-state index contributed by atoms with van der Waals surface area (Å²) in [7, 11) is 0. The minimum atomic E-state index is -0.709. The number of amides is 1. The number of hydrogen-bond donors (Lipinski definition) is 1. The van der Waals surface area contributed by atoms with Crippen LogP contribution in [0.3, 0.4) is 0 Å². The number of imidazole rings is 1. The van der Waals surface area contributed by atoms with Crippen molar-refractivity contribution in [3.8, 4) is 11.5 Å². The molecule has 3 aromatic rings. The minimum Gasteiger partial charge on any atom is -0.507 e. The monoisotopic (exact) mass is 489 g/mol. The van der Waals surface area contributed by atoms with Crippen molar-refractivity contribution in [2.24, 2.45) is 0 Å². The number of carbonyl (C=O) groups excluding carboxylic acids is 2. The molecule has 0 saturated carbocycles. The molecule has 1 aromatic heterocycles. The maximum atomic E-state index is 13.2. The molecule has 1 N–H and O–H groups in total. The predicted molar refractivity (Wildman–Crippen MR) is 136 cm³/mol. The highest BCUT2D eigenvalue weighted by atomic mass is 16.5. The molecule has 8 nitrogen and oxygen atoms in total. The molecule has 1 amide bonds. The van der Waals surface area contributed by atoms with E-state index >= 15 is 0 Å². The molecule has 1 unspecified atom stereocenters. The molecule has 1 aliphatic rings. The minimum absolute atomic E-state index is 0.0778. The molecule has 0 aliphatic carbocycles. The molecule has 2 aromatic carbocycles. The van der Waals surface area contributed by atoms with Crippen molar-refractivity contribution < 1.29 is 24.2 Å². The number of rotatable bonds is 11. The fourth-order valence-corrected chi connectivity index (χ4v) is 4.30. The van der Waals surface area contributed by atoms with Gasteiger partial charge in [0.15, 0.2) is 0 Å². The van der Waals surface area contributed by atoms with Crippen LogP contribution < -0.4 is 9.47 Å². The summed E-state index contributed by atoms with van der Waals surface area (Å²) in [6.45, 7) is 6.05. The first-order valence-electron chi connectivity index (χ1n) is 12.2. The summed E-state index contributed by atoms with van der Waals surface area (Å²) in [6.07, 6.45) is 6.78. The van der Waals surface area contributed by atoms with Crippen LogP contribution in [0.15, 0.2) is 72.8 Å². The molecule has 1 fully saturated rings. The lowest BCUT2D eigenvalue weighted by molar-refractivity contribution is -0.139. The van der Waals surface area contributed by atoms with Crippen molar-refractivity contribution in [1.82, 2.24) is 14.5 Å². The van der Waals surface area contributed by atoms with E-state index in [9.17, 15) is 14.7 Å². The number of likely N-dealkylation sites (tertiary alicyclic amines) is 1. The number of aryl methyl sites for hydroxylation is 1. The van der Waals surface area contributed by atoms with Crippen LogP contribution in [0, 0.1) is 0 Å². The van der Waals surface area contributed by atoms with E-state index in [2.05, 4.69) is 4.98 Å². The van der Waals surface area contributed by atoms with Gasteiger partial charge in [0.2, 0.25) is 0 Å². The third kappa shape index (κ3) is 5.43. The standard InChI is InChI=1S/C28H31N3O5/c1-3-18-36-23-10-6-20(7-11-23)25-24(26(32)21-8-12-22(13-9-21)35-4-2)27(33)28(34)31(25)16-5-15-30-17-14-29-19-30/h6-14,17,19,25,32H,3-5,15-16,18H2,1-2H3. The Kier molecular flexibility index (Phi) is 8.05. The molecule has 36 heavy (non-hydrogen) atoms. The number of Topliss-reactive ketones (excluding diaryl/α,β-unsaturated/α-hetero) is 1. The van der Waals surface area contributed by atoms with Crippen LogP contribution in [0.4, 0.5) is 0 Å². The third-order valence-corrected chi connectivity index (χ3v) is 6.02. The largest absolute Gasteiger partial charge is 0.507 e. The maximum absolute atomic E-state index is 13.2. The molecule has 1 aliphatic heterocycles. The Balaban J connectivity index is 1.68. The molecule has 2 heterocycles. The molecule has 0 radical (unpaired) electrons. The predicted octanol–water partition coefficient (Wildman–Crippen LogP) is 4.58. The van der Waals surface area contributed by atoms with E-state index in [1.54, 1.807) is 41.7 Å². The van der Waals surface area contributed by atoms with E-state index in [0.717, 1.165) is 12.0 Å². The number of aliphatic hydroxyl groups excluding tert-OH is 1. The summed E-state index contributed by atoms with van der Waals surface area (Å²) < 4.78 is 13.1. The van der Waals surface area contributed by atoms with Crippen molar-refractivity contribution in [3.05, 3.63) is 84.0 Å². The van der Waals surface area contributed by atoms with Crippen molar-refractivity contribution in [2.45, 2.75) is 39.3 Å². The number of benzene rings is 2. The summed E-state index contributed by atoms with van der Waals surface area (Å²) in [6, 6.07) is 13.5. The van der Waals surface area contributed by atoms with Crippen LogP contribution in [0.25, 0.3) is 5.76 Å². The van der Waals surface area contributed by atoms with Crippen LogP contribution >= 0.6 is 0 Å². The summed E-state index contributed by atoms with van der Waals surface area (Å²) in [5.74, 6) is -0.146. The Morgan fingerprint density at radius 2 is 1.67 bits per heavy atom. The van der Waals surface area contributed by atoms with Crippen molar-refractivity contribution >= 4 is 17.4 Å². The van der Waals surface area contributed by atoms with Gasteiger partial charge in [0.05, 0.1) is 31.2 Å². The molecule has 188 valence electrons. The maximum Gasteiger partial charge on any atom is 0.295 e. The second kappa shape index (κ2) is 11.6. The summed E-state index contributed by atoms with van der Waals surface area (Å²) in [5, 5.41) is 11.2. The van der Waals surface area contributed by atoms with Gasteiger partial charge in [-0.3, -0.25) is 9.59 Å². The van der Waals surface area contributed by atoms with E-state index in [-0.39, 0.29) is 11.3 Å². The van der Waals surface area contributed by atoms with Crippen LogP contribution in [0.1, 0.15) is 43.9 Å². The Hall–Kier alpha value is -4.07. The van der Waals surface area contributed by atoms with Crippen molar-refractivity contribution in [2.75, 3.05) is 19.8 Å². The van der Waals surface area contributed by atoms with E-state index in [1.807, 2.05) is 48.9 Å². The van der Waals surface area contributed by atoms with Gasteiger partial charge in [0.1, 0.15) is 17.3 Å². The number of ketones is 1. The number of hydrogen-bond acceptors (Lipinski definition) is 6. The highest BCUT2D eigenvalue weighted by molar-refractivity contribution is 6.46. The third-order valence-electron chi connectivity index (χ3n) is 6.02. The van der Waals surface area contributed by atoms with E-state index < -0.39 is 17.7 Å². The van der Waals surface area contributed by atoms with Crippen LogP contribution in [0.5, 0.6) is 11.5 Å². The van der Waals surface area contributed by atoms with E-state index in [0.29, 0.717) is 49.8 Å². The zero-order chi connectivity index (χ0) is 25.5. The zero-order valence-electron chi connectivity index (χ0n) is 20.6. The molecule has 0 spiro atoms. The quantitative estimate of drug-likeness (QED) is 0.241. The molecule has 1 saturated heterocycles. The number of carbonyl (C=O) groups is 2. The second-order valence-electron chi connectivity index (χ2n) is 8.52. The van der Waals surface area contributed by atoms with Crippen LogP contribution in [0.2, 0.25) is 0 Å². The van der Waals surface area contributed by atoms with Gasteiger partial charge in [-0.25, -0.2) is 4.98 Å². The lowest BCUT2D eigenvalue weighted by atomic mass is 9.95. The number of aliphatic hydroxyl groups is 1. The summed E-state index contributed by atoms with van der Waals surface area (Å²) >= 11 is 0. The summed E-state index contributed by atoms with van der Waals surface area (Å²) in [4.78, 5) is 31.9. The van der Waals surface area contributed by atoms with Gasteiger partial charge in [-0.1, -0.05) is 19.1 Å². The number of ether oxygens (including phenoxy) is 2.